The highest BCUT2D eigenvalue weighted by atomic mass is 16.2. The zero-order chi connectivity index (χ0) is 26.3. The molecule has 2 N–H and O–H groups in total. The lowest BCUT2D eigenvalue weighted by Crippen LogP contribution is -2.53. The van der Waals surface area contributed by atoms with E-state index in [0.29, 0.717) is 19.4 Å². The molecule has 7 nitrogen and oxygen atoms in total. The molecule has 1 saturated heterocycles. The Hall–Kier alpha value is -3.61. The van der Waals surface area contributed by atoms with E-state index in [2.05, 4.69) is 28.5 Å². The first-order chi connectivity index (χ1) is 17.7. The number of H-pyrrole nitrogens is 1. The summed E-state index contributed by atoms with van der Waals surface area (Å²) in [5.41, 5.74) is 2.86. The zero-order valence-electron chi connectivity index (χ0n) is 22.1. The minimum absolute atomic E-state index is 0.0892. The van der Waals surface area contributed by atoms with Crippen LogP contribution < -0.4 is 5.32 Å². The summed E-state index contributed by atoms with van der Waals surface area (Å²) in [6, 6.07) is 16.8. The Labute approximate surface area is 218 Å². The van der Waals surface area contributed by atoms with Crippen LogP contribution in [0.3, 0.4) is 0 Å². The molecule has 1 aromatic heterocycles. The van der Waals surface area contributed by atoms with Gasteiger partial charge in [-0.3, -0.25) is 9.59 Å². The van der Waals surface area contributed by atoms with Crippen molar-refractivity contribution in [3.63, 3.8) is 0 Å². The number of rotatable bonds is 8. The number of hydrogen-bond acceptors (Lipinski definition) is 3. The van der Waals surface area contributed by atoms with Crippen molar-refractivity contribution in [2.75, 3.05) is 6.54 Å². The lowest BCUT2D eigenvalue weighted by Gasteiger charge is -2.36. The lowest BCUT2D eigenvalue weighted by atomic mass is 9.86. The summed E-state index contributed by atoms with van der Waals surface area (Å²) in [7, 11) is 0. The van der Waals surface area contributed by atoms with Crippen molar-refractivity contribution in [2.24, 2.45) is 5.92 Å². The Morgan fingerprint density at radius 3 is 2.49 bits per heavy atom. The molecule has 2 aromatic carbocycles. The second kappa shape index (κ2) is 9.69. The summed E-state index contributed by atoms with van der Waals surface area (Å²) < 4.78 is 0. The SMILES string of the molecule is CC(C)CC(C(=O)NC(C)CCc1ccccc1)N1C(=O)N2CCc3c([nH]c4ccccc34)C2(C)C1=O. The highest BCUT2D eigenvalue weighted by molar-refractivity contribution is 6.11. The topological polar surface area (TPSA) is 85.5 Å². The smallest absolute Gasteiger partial charge is 0.328 e. The molecule has 0 spiro atoms. The van der Waals surface area contributed by atoms with E-state index in [9.17, 15) is 14.4 Å². The maximum absolute atomic E-state index is 14.1. The fourth-order valence-electron chi connectivity index (χ4n) is 5.91. The van der Waals surface area contributed by atoms with Crippen molar-refractivity contribution >= 4 is 28.7 Å². The summed E-state index contributed by atoms with van der Waals surface area (Å²) in [6.07, 6.45) is 2.69. The number of urea groups is 1. The maximum atomic E-state index is 14.1. The van der Waals surface area contributed by atoms with Gasteiger partial charge in [-0.2, -0.15) is 0 Å². The molecule has 4 amide bonds. The van der Waals surface area contributed by atoms with E-state index in [1.54, 1.807) is 4.90 Å². The van der Waals surface area contributed by atoms with Crippen LogP contribution in [0.1, 0.15) is 57.4 Å². The molecule has 3 unspecified atom stereocenters. The van der Waals surface area contributed by atoms with Crippen molar-refractivity contribution in [3.05, 3.63) is 71.4 Å². The number of carbonyl (C=O) groups excluding carboxylic acids is 3. The Morgan fingerprint density at radius 2 is 1.76 bits per heavy atom. The second-order valence-corrected chi connectivity index (χ2v) is 11.0. The van der Waals surface area contributed by atoms with Gasteiger partial charge in [-0.05, 0) is 62.6 Å². The molecule has 0 bridgehead atoms. The molecule has 2 aliphatic rings. The molecule has 3 atom stereocenters. The van der Waals surface area contributed by atoms with E-state index in [1.807, 2.05) is 64.1 Å². The second-order valence-electron chi connectivity index (χ2n) is 11.0. The van der Waals surface area contributed by atoms with Crippen molar-refractivity contribution in [3.8, 4) is 0 Å². The predicted octanol–water partition coefficient (Wildman–Crippen LogP) is 4.76. The van der Waals surface area contributed by atoms with Gasteiger partial charge in [0.25, 0.3) is 5.91 Å². The first kappa shape index (κ1) is 25.1. The number of hydrogen-bond donors (Lipinski definition) is 2. The third kappa shape index (κ3) is 4.30. The number of amides is 4. The lowest BCUT2D eigenvalue weighted by molar-refractivity contribution is -0.140. The largest absolute Gasteiger partial charge is 0.356 e. The number of aromatic nitrogens is 1. The van der Waals surface area contributed by atoms with Crippen LogP contribution >= 0.6 is 0 Å². The molecule has 3 heterocycles. The summed E-state index contributed by atoms with van der Waals surface area (Å²) in [5.74, 6) is -0.468. The third-order valence-corrected chi connectivity index (χ3v) is 7.90. The zero-order valence-corrected chi connectivity index (χ0v) is 22.1. The van der Waals surface area contributed by atoms with Crippen LogP contribution in [0, 0.1) is 5.92 Å². The number of carbonyl (C=O) groups is 3. The molecule has 3 aromatic rings. The van der Waals surface area contributed by atoms with Crippen LogP contribution in [-0.4, -0.2) is 51.3 Å². The number of fused-ring (bicyclic) bond motifs is 5. The average Bonchev–Trinajstić information content (AvgIpc) is 3.35. The standard InChI is InChI=1S/C30H36N4O3/c1-19(2)18-25(27(35)31-20(3)14-15-21-10-6-5-7-11-21)34-28(36)30(4)26-23(16-17-33(30)29(34)37)22-12-8-9-13-24(22)32-26/h5-13,19-20,25,32H,14-18H2,1-4H3,(H,31,35). The first-order valence-corrected chi connectivity index (χ1v) is 13.3. The molecule has 2 aliphatic heterocycles. The highest BCUT2D eigenvalue weighted by Gasteiger charge is 2.60. The fourth-order valence-corrected chi connectivity index (χ4v) is 5.91. The number of benzene rings is 2. The summed E-state index contributed by atoms with van der Waals surface area (Å²) >= 11 is 0. The van der Waals surface area contributed by atoms with Gasteiger partial charge in [0.1, 0.15) is 6.04 Å². The van der Waals surface area contributed by atoms with E-state index in [4.69, 9.17) is 0 Å². The van der Waals surface area contributed by atoms with E-state index in [1.165, 1.54) is 10.5 Å². The summed E-state index contributed by atoms with van der Waals surface area (Å²) in [5, 5.41) is 4.18. The molecular formula is C30H36N4O3. The number of imide groups is 1. The maximum Gasteiger partial charge on any atom is 0.328 e. The number of aryl methyl sites for hydroxylation is 1. The predicted molar refractivity (Wildman–Crippen MR) is 144 cm³/mol. The Morgan fingerprint density at radius 1 is 1.05 bits per heavy atom. The Kier molecular flexibility index (Phi) is 6.56. The van der Waals surface area contributed by atoms with E-state index in [-0.39, 0.29) is 29.8 Å². The third-order valence-electron chi connectivity index (χ3n) is 7.90. The van der Waals surface area contributed by atoms with Crippen molar-refractivity contribution in [1.29, 1.82) is 0 Å². The van der Waals surface area contributed by atoms with Gasteiger partial charge in [-0.15, -0.1) is 0 Å². The van der Waals surface area contributed by atoms with E-state index >= 15 is 0 Å². The highest BCUT2D eigenvalue weighted by Crippen LogP contribution is 2.45. The van der Waals surface area contributed by atoms with Gasteiger partial charge in [0.05, 0.1) is 5.69 Å². The average molecular weight is 501 g/mol. The number of nitrogens with one attached hydrogen (secondary N) is 2. The first-order valence-electron chi connectivity index (χ1n) is 13.3. The van der Waals surface area contributed by atoms with Crippen LogP contribution in [0.25, 0.3) is 10.9 Å². The van der Waals surface area contributed by atoms with Crippen LogP contribution in [0.4, 0.5) is 4.79 Å². The van der Waals surface area contributed by atoms with Crippen LogP contribution in [-0.2, 0) is 28.0 Å². The Bertz CT molecular complexity index is 1330. The van der Waals surface area contributed by atoms with Crippen LogP contribution in [0.15, 0.2) is 54.6 Å². The summed E-state index contributed by atoms with van der Waals surface area (Å²) in [6.45, 7) is 8.25. The van der Waals surface area contributed by atoms with Crippen LogP contribution in [0.2, 0.25) is 0 Å². The fraction of sp³-hybridized carbons (Fsp3) is 0.433. The van der Waals surface area contributed by atoms with Gasteiger partial charge in [-0.25, -0.2) is 9.69 Å². The molecule has 37 heavy (non-hydrogen) atoms. The molecule has 5 rings (SSSR count). The minimum Gasteiger partial charge on any atom is -0.356 e. The van der Waals surface area contributed by atoms with Crippen molar-refractivity contribution in [2.45, 2.75) is 71.0 Å². The molecule has 0 saturated carbocycles. The normalized spacial score (nSPS) is 20.8. The number of aromatic amines is 1. The van der Waals surface area contributed by atoms with Gasteiger partial charge < -0.3 is 15.2 Å². The molecule has 0 aliphatic carbocycles. The summed E-state index contributed by atoms with van der Waals surface area (Å²) in [4.78, 5) is 47.7. The molecular weight excluding hydrogens is 464 g/mol. The molecule has 194 valence electrons. The van der Waals surface area contributed by atoms with E-state index < -0.39 is 11.6 Å². The van der Waals surface area contributed by atoms with Crippen molar-refractivity contribution < 1.29 is 14.4 Å². The van der Waals surface area contributed by atoms with Gasteiger partial charge in [-0.1, -0.05) is 62.4 Å². The van der Waals surface area contributed by atoms with Crippen LogP contribution in [0.5, 0.6) is 0 Å². The minimum atomic E-state index is -1.15. The van der Waals surface area contributed by atoms with Gasteiger partial charge >= 0.3 is 6.03 Å². The van der Waals surface area contributed by atoms with Crippen molar-refractivity contribution in [1.82, 2.24) is 20.1 Å². The molecule has 1 fully saturated rings. The molecule has 0 radical (unpaired) electrons. The Balaban J connectivity index is 1.40. The quantitative estimate of drug-likeness (QED) is 0.438. The van der Waals surface area contributed by atoms with Gasteiger partial charge in [0.2, 0.25) is 5.91 Å². The number of para-hydroxylation sites is 1. The van der Waals surface area contributed by atoms with E-state index in [0.717, 1.165) is 35.0 Å². The monoisotopic (exact) mass is 500 g/mol. The molecule has 7 heteroatoms. The van der Waals surface area contributed by atoms with Gasteiger partial charge in [0, 0.05) is 23.5 Å². The number of nitrogens with zero attached hydrogens (tertiary/aromatic N) is 2. The van der Waals surface area contributed by atoms with Gasteiger partial charge in [0.15, 0.2) is 5.54 Å².